The third kappa shape index (κ3) is 3.43. The topological polar surface area (TPSA) is 57.8 Å². The summed E-state index contributed by atoms with van der Waals surface area (Å²) in [4.78, 5) is 13.3. The molecular weight excluding hydrogens is 318 g/mol. The molecule has 1 aromatic heterocycles. The normalized spacial score (nSPS) is 10.8. The molecule has 6 heteroatoms. The Bertz CT molecular complexity index is 785. The number of carbonyl (C=O) groups is 1. The maximum atomic E-state index is 12.2. The van der Waals surface area contributed by atoms with E-state index in [1.54, 1.807) is 11.8 Å². The Kier molecular flexibility index (Phi) is 4.65. The molecule has 0 saturated carbocycles. The number of halogens is 1. The van der Waals surface area contributed by atoms with E-state index in [-0.39, 0.29) is 5.91 Å². The number of hydrogen-bond acceptors (Lipinski definition) is 3. The second kappa shape index (κ2) is 6.85. The van der Waals surface area contributed by atoms with E-state index < -0.39 is 0 Å². The zero-order valence-corrected chi connectivity index (χ0v) is 13.2. The molecule has 3 aromatic rings. The molecule has 0 aliphatic carbocycles. The molecule has 0 bridgehead atoms. The number of H-pyrrole nitrogens is 1. The summed E-state index contributed by atoms with van der Waals surface area (Å²) in [6.45, 7) is 0.577. The predicted octanol–water partition coefficient (Wildman–Crippen LogP) is 3.74. The third-order valence-electron chi connectivity index (χ3n) is 3.16. The third-order valence-corrected chi connectivity index (χ3v) is 4.42. The number of fused-ring (bicyclic) bond motifs is 1. The first-order valence-corrected chi connectivity index (χ1v) is 8.20. The van der Waals surface area contributed by atoms with Gasteiger partial charge in [0.25, 0.3) is 5.91 Å². The Morgan fingerprint density at radius 2 is 1.95 bits per heavy atom. The summed E-state index contributed by atoms with van der Waals surface area (Å²) in [6.07, 6.45) is 0. The molecule has 0 radical (unpaired) electrons. The zero-order chi connectivity index (χ0) is 15.4. The van der Waals surface area contributed by atoms with Gasteiger partial charge >= 0.3 is 0 Å². The van der Waals surface area contributed by atoms with Crippen molar-refractivity contribution in [3.63, 3.8) is 0 Å². The van der Waals surface area contributed by atoms with Gasteiger partial charge in [-0.2, -0.15) is 5.10 Å². The molecule has 22 heavy (non-hydrogen) atoms. The van der Waals surface area contributed by atoms with Crippen LogP contribution in [-0.4, -0.2) is 28.4 Å². The number of para-hydroxylation sites is 1. The standard InChI is InChI=1S/C16H14ClN3OS/c17-11-5-7-12(8-6-11)22-10-9-18-16(21)15-13-3-1-2-4-14(13)19-20-15/h1-8H,9-10H2,(H,18,21)(H,19,20). The van der Waals surface area contributed by atoms with Crippen LogP contribution in [-0.2, 0) is 0 Å². The fourth-order valence-corrected chi connectivity index (χ4v) is 2.98. The highest BCUT2D eigenvalue weighted by atomic mass is 35.5. The van der Waals surface area contributed by atoms with Gasteiger partial charge in [-0.1, -0.05) is 29.8 Å². The number of amides is 1. The van der Waals surface area contributed by atoms with Gasteiger partial charge in [-0.3, -0.25) is 9.89 Å². The van der Waals surface area contributed by atoms with Crippen molar-refractivity contribution in [1.82, 2.24) is 15.5 Å². The summed E-state index contributed by atoms with van der Waals surface area (Å²) in [5, 5.41) is 11.4. The van der Waals surface area contributed by atoms with Crippen molar-refractivity contribution in [2.24, 2.45) is 0 Å². The first-order valence-electron chi connectivity index (χ1n) is 6.84. The van der Waals surface area contributed by atoms with Crippen molar-refractivity contribution in [1.29, 1.82) is 0 Å². The lowest BCUT2D eigenvalue weighted by Crippen LogP contribution is -2.26. The number of thioether (sulfide) groups is 1. The van der Waals surface area contributed by atoms with Crippen LogP contribution in [0.3, 0.4) is 0 Å². The van der Waals surface area contributed by atoms with Gasteiger partial charge in [0, 0.05) is 27.6 Å². The summed E-state index contributed by atoms with van der Waals surface area (Å²) in [6, 6.07) is 15.2. The van der Waals surface area contributed by atoms with Crippen LogP contribution in [0.2, 0.25) is 5.02 Å². The van der Waals surface area contributed by atoms with Gasteiger partial charge < -0.3 is 5.32 Å². The van der Waals surface area contributed by atoms with E-state index >= 15 is 0 Å². The first-order chi connectivity index (χ1) is 10.7. The molecule has 1 amide bonds. The molecular formula is C16H14ClN3OS. The molecule has 112 valence electrons. The molecule has 1 heterocycles. The Labute approximate surface area is 137 Å². The first kappa shape index (κ1) is 14.9. The molecule has 0 aliphatic heterocycles. The molecule has 2 N–H and O–H groups in total. The van der Waals surface area contributed by atoms with E-state index in [0.717, 1.165) is 26.6 Å². The van der Waals surface area contributed by atoms with Gasteiger partial charge in [-0.05, 0) is 30.3 Å². The summed E-state index contributed by atoms with van der Waals surface area (Å²) in [5.74, 6) is 0.629. The second-order valence-electron chi connectivity index (χ2n) is 4.68. The zero-order valence-electron chi connectivity index (χ0n) is 11.7. The highest BCUT2D eigenvalue weighted by Gasteiger charge is 2.12. The monoisotopic (exact) mass is 331 g/mol. The molecule has 0 fully saturated rings. The molecule has 2 aromatic carbocycles. The van der Waals surface area contributed by atoms with Gasteiger partial charge in [0.1, 0.15) is 0 Å². The van der Waals surface area contributed by atoms with E-state index in [9.17, 15) is 4.79 Å². The van der Waals surface area contributed by atoms with Crippen molar-refractivity contribution >= 4 is 40.2 Å². The number of rotatable bonds is 5. The van der Waals surface area contributed by atoms with Crippen molar-refractivity contribution in [3.8, 4) is 0 Å². The van der Waals surface area contributed by atoms with Gasteiger partial charge in [0.05, 0.1) is 5.52 Å². The highest BCUT2D eigenvalue weighted by Crippen LogP contribution is 2.20. The number of nitrogens with one attached hydrogen (secondary N) is 2. The second-order valence-corrected chi connectivity index (χ2v) is 6.28. The number of aromatic nitrogens is 2. The quantitative estimate of drug-likeness (QED) is 0.553. The minimum atomic E-state index is -0.158. The number of benzene rings is 2. The van der Waals surface area contributed by atoms with Crippen LogP contribution in [0.4, 0.5) is 0 Å². The average molecular weight is 332 g/mol. The molecule has 0 saturated heterocycles. The number of nitrogens with zero attached hydrogens (tertiary/aromatic N) is 1. The average Bonchev–Trinajstić information content (AvgIpc) is 2.97. The molecule has 0 atom stereocenters. The van der Waals surface area contributed by atoms with E-state index in [2.05, 4.69) is 15.5 Å². The highest BCUT2D eigenvalue weighted by molar-refractivity contribution is 7.99. The van der Waals surface area contributed by atoms with Crippen LogP contribution in [0.15, 0.2) is 53.4 Å². The minimum Gasteiger partial charge on any atom is -0.350 e. The Hall–Kier alpha value is -1.98. The summed E-state index contributed by atoms with van der Waals surface area (Å²) in [5.41, 5.74) is 1.30. The van der Waals surface area contributed by atoms with Crippen LogP contribution < -0.4 is 5.32 Å². The smallest absolute Gasteiger partial charge is 0.272 e. The van der Waals surface area contributed by atoms with E-state index in [1.165, 1.54) is 0 Å². The van der Waals surface area contributed by atoms with Crippen LogP contribution in [0, 0.1) is 0 Å². The van der Waals surface area contributed by atoms with Crippen molar-refractivity contribution < 1.29 is 4.79 Å². The minimum absolute atomic E-state index is 0.158. The largest absolute Gasteiger partial charge is 0.350 e. The van der Waals surface area contributed by atoms with Crippen molar-refractivity contribution in [2.45, 2.75) is 4.90 Å². The lowest BCUT2D eigenvalue weighted by atomic mass is 10.2. The van der Waals surface area contributed by atoms with Gasteiger partial charge in [-0.15, -0.1) is 11.8 Å². The fraction of sp³-hybridized carbons (Fsp3) is 0.125. The number of aromatic amines is 1. The van der Waals surface area contributed by atoms with Crippen LogP contribution in [0.25, 0.3) is 10.9 Å². The molecule has 0 spiro atoms. The number of hydrogen-bond donors (Lipinski definition) is 2. The predicted molar refractivity (Wildman–Crippen MR) is 90.6 cm³/mol. The number of carbonyl (C=O) groups excluding carboxylic acids is 1. The van der Waals surface area contributed by atoms with Crippen LogP contribution >= 0.6 is 23.4 Å². The van der Waals surface area contributed by atoms with E-state index in [0.29, 0.717) is 12.2 Å². The van der Waals surface area contributed by atoms with Gasteiger partial charge in [0.15, 0.2) is 5.69 Å². The SMILES string of the molecule is O=C(NCCSc1ccc(Cl)cc1)c1n[nH]c2ccccc12. The molecule has 4 nitrogen and oxygen atoms in total. The van der Waals surface area contributed by atoms with Crippen molar-refractivity contribution in [2.75, 3.05) is 12.3 Å². The lowest BCUT2D eigenvalue weighted by Gasteiger charge is -2.04. The van der Waals surface area contributed by atoms with Crippen LogP contribution in [0.1, 0.15) is 10.5 Å². The summed E-state index contributed by atoms with van der Waals surface area (Å²) >= 11 is 7.51. The maximum absolute atomic E-state index is 12.2. The maximum Gasteiger partial charge on any atom is 0.272 e. The molecule has 0 unspecified atom stereocenters. The summed E-state index contributed by atoms with van der Waals surface area (Å²) < 4.78 is 0. The Morgan fingerprint density at radius 3 is 2.77 bits per heavy atom. The molecule has 0 aliphatic rings. The van der Waals surface area contributed by atoms with Gasteiger partial charge in [0.2, 0.25) is 0 Å². The summed E-state index contributed by atoms with van der Waals surface area (Å²) in [7, 11) is 0. The van der Waals surface area contributed by atoms with E-state index in [1.807, 2.05) is 48.5 Å². The molecule has 3 rings (SSSR count). The van der Waals surface area contributed by atoms with Crippen LogP contribution in [0.5, 0.6) is 0 Å². The Morgan fingerprint density at radius 1 is 1.18 bits per heavy atom. The van der Waals surface area contributed by atoms with E-state index in [4.69, 9.17) is 11.6 Å². The Balaban J connectivity index is 1.53. The van der Waals surface area contributed by atoms with Crippen molar-refractivity contribution in [3.05, 3.63) is 59.2 Å². The lowest BCUT2D eigenvalue weighted by molar-refractivity contribution is 0.0953. The fourth-order valence-electron chi connectivity index (χ4n) is 2.08. The van der Waals surface area contributed by atoms with Gasteiger partial charge in [-0.25, -0.2) is 0 Å².